The molecule has 1 aromatic heterocycles. The highest BCUT2D eigenvalue weighted by Crippen LogP contribution is 2.29. The van der Waals surface area contributed by atoms with Gasteiger partial charge >= 0.3 is 0 Å². The van der Waals surface area contributed by atoms with Crippen molar-refractivity contribution in [3.8, 4) is 11.4 Å². The number of aromatic nitrogens is 2. The van der Waals surface area contributed by atoms with Crippen LogP contribution >= 0.6 is 11.6 Å². The summed E-state index contributed by atoms with van der Waals surface area (Å²) in [5.41, 5.74) is 3.51. The maximum atomic E-state index is 13.6. The predicted octanol–water partition coefficient (Wildman–Crippen LogP) is 5.62. The van der Waals surface area contributed by atoms with Gasteiger partial charge in [-0.15, -0.1) is 0 Å². The number of amides is 1. The molecule has 36 heavy (non-hydrogen) atoms. The molecule has 2 unspecified atom stereocenters. The molecule has 0 aliphatic heterocycles. The van der Waals surface area contributed by atoms with Crippen LogP contribution in [0.1, 0.15) is 73.3 Å². The number of halogens is 2. The Hall–Kier alpha value is -2.74. The lowest BCUT2D eigenvalue weighted by Crippen LogP contribution is -2.25. The number of carbonyl (C=O) groups excluding carboxylic acids is 1. The third-order valence-corrected chi connectivity index (χ3v) is 6.71. The Morgan fingerprint density at radius 3 is 2.44 bits per heavy atom. The van der Waals surface area contributed by atoms with Crippen molar-refractivity contribution in [1.82, 2.24) is 14.9 Å². The Kier molecular flexibility index (Phi) is 9.65. The average Bonchev–Trinajstić information content (AvgIpc) is 3.22. The molecule has 3 rings (SSSR count). The maximum absolute atomic E-state index is 13.6. The summed E-state index contributed by atoms with van der Waals surface area (Å²) < 4.78 is 15.5. The van der Waals surface area contributed by atoms with Crippen LogP contribution in [0.2, 0.25) is 5.02 Å². The summed E-state index contributed by atoms with van der Waals surface area (Å²) in [7, 11) is 0. The number of imidazole rings is 1. The van der Waals surface area contributed by atoms with E-state index in [2.05, 4.69) is 5.32 Å². The first kappa shape index (κ1) is 27.8. The summed E-state index contributed by atoms with van der Waals surface area (Å²) >= 11 is 6.34. The van der Waals surface area contributed by atoms with Crippen LogP contribution in [-0.4, -0.2) is 37.9 Å². The van der Waals surface area contributed by atoms with E-state index in [0.29, 0.717) is 35.8 Å². The van der Waals surface area contributed by atoms with Crippen LogP contribution in [0, 0.1) is 12.7 Å². The van der Waals surface area contributed by atoms with Gasteiger partial charge in [-0.2, -0.15) is 0 Å². The molecule has 0 radical (unpaired) electrons. The largest absolute Gasteiger partial charge is 0.393 e. The number of benzene rings is 2. The van der Waals surface area contributed by atoms with Gasteiger partial charge in [0.25, 0.3) is 5.91 Å². The van der Waals surface area contributed by atoms with Crippen molar-refractivity contribution >= 4 is 17.5 Å². The monoisotopic (exact) mass is 515 g/mol. The number of nitrogens with zero attached hydrogens (tertiary/aromatic N) is 2. The summed E-state index contributed by atoms with van der Waals surface area (Å²) in [6.45, 7) is 8.42. The van der Waals surface area contributed by atoms with Crippen molar-refractivity contribution in [3.63, 3.8) is 0 Å². The molecule has 0 saturated carbocycles. The molecular formula is C28H35ClFN3O3. The Labute approximate surface area is 217 Å². The van der Waals surface area contributed by atoms with Gasteiger partial charge < -0.3 is 20.1 Å². The Morgan fingerprint density at radius 1 is 1.14 bits per heavy atom. The van der Waals surface area contributed by atoms with Gasteiger partial charge in [0.05, 0.1) is 17.9 Å². The first-order valence-electron chi connectivity index (χ1n) is 12.4. The van der Waals surface area contributed by atoms with Crippen molar-refractivity contribution < 1.29 is 19.4 Å². The van der Waals surface area contributed by atoms with Gasteiger partial charge in [0.2, 0.25) is 0 Å². The van der Waals surface area contributed by atoms with Gasteiger partial charge in [-0.05, 0) is 73.6 Å². The van der Waals surface area contributed by atoms with Gasteiger partial charge in [0.15, 0.2) is 0 Å². The predicted molar refractivity (Wildman–Crippen MR) is 141 cm³/mol. The number of carbonyl (C=O) groups is 1. The fourth-order valence-electron chi connectivity index (χ4n) is 4.28. The first-order valence-corrected chi connectivity index (χ1v) is 12.7. The van der Waals surface area contributed by atoms with Crippen LogP contribution in [-0.2, 0) is 13.1 Å². The quantitative estimate of drug-likeness (QED) is 0.309. The number of rotatable bonds is 11. The van der Waals surface area contributed by atoms with Crippen molar-refractivity contribution in [2.75, 3.05) is 0 Å². The number of aryl methyl sites for hydroxylation is 1. The smallest absolute Gasteiger partial charge is 0.272 e. The molecule has 2 atom stereocenters. The van der Waals surface area contributed by atoms with E-state index in [1.165, 1.54) is 12.1 Å². The second kappa shape index (κ2) is 12.5. The average molecular weight is 516 g/mol. The second-order valence-corrected chi connectivity index (χ2v) is 9.85. The van der Waals surface area contributed by atoms with E-state index in [9.17, 15) is 19.4 Å². The minimum absolute atomic E-state index is 0.0483. The van der Waals surface area contributed by atoms with Gasteiger partial charge in [0, 0.05) is 23.7 Å². The molecule has 0 spiro atoms. The minimum atomic E-state index is -0.705. The second-order valence-electron chi connectivity index (χ2n) is 9.44. The normalized spacial score (nSPS) is 13.1. The van der Waals surface area contributed by atoms with E-state index in [4.69, 9.17) is 16.6 Å². The third-order valence-electron chi connectivity index (χ3n) is 6.35. The molecule has 2 aromatic carbocycles. The van der Waals surface area contributed by atoms with Crippen molar-refractivity contribution in [2.45, 2.75) is 78.2 Å². The van der Waals surface area contributed by atoms with E-state index in [1.807, 2.05) is 44.4 Å². The molecule has 0 aliphatic rings. The molecule has 1 amide bonds. The first-order chi connectivity index (χ1) is 17.1. The van der Waals surface area contributed by atoms with Crippen molar-refractivity contribution in [3.05, 3.63) is 75.8 Å². The van der Waals surface area contributed by atoms with E-state index < -0.39 is 12.2 Å². The molecule has 3 aromatic rings. The highest BCUT2D eigenvalue weighted by atomic mass is 35.5. The number of hydrogen-bond donors (Lipinski definition) is 3. The highest BCUT2D eigenvalue weighted by molar-refractivity contribution is 6.31. The third kappa shape index (κ3) is 6.72. The van der Waals surface area contributed by atoms with Gasteiger partial charge in [-0.1, -0.05) is 44.5 Å². The van der Waals surface area contributed by atoms with Crippen LogP contribution in [0.5, 0.6) is 0 Å². The molecule has 0 bridgehead atoms. The zero-order valence-corrected chi connectivity index (χ0v) is 22.0. The molecule has 6 nitrogen and oxygen atoms in total. The summed E-state index contributed by atoms with van der Waals surface area (Å²) in [4.78, 5) is 18.1. The minimum Gasteiger partial charge on any atom is -0.393 e. The molecule has 8 heteroatoms. The Morgan fingerprint density at radius 2 is 1.83 bits per heavy atom. The van der Waals surface area contributed by atoms with Crippen molar-refractivity contribution in [2.24, 2.45) is 0 Å². The molecule has 0 aliphatic carbocycles. The standard InChI is InChI=1S/C28H35ClFN3O3/c1-5-21(34)15-22(35)13-14-33-26(17(2)3)25(32-27(33)19-9-11-20(30)12-10-19)28(36)31-16-23-18(4)7-6-8-24(23)29/h6-12,17,21-22,34-35H,5,13-16H2,1-4H3,(H,31,36). The van der Waals surface area contributed by atoms with E-state index >= 15 is 0 Å². The summed E-state index contributed by atoms with van der Waals surface area (Å²) in [5, 5.41) is 23.9. The Balaban J connectivity index is 1.96. The van der Waals surface area contributed by atoms with E-state index in [1.54, 1.807) is 18.2 Å². The summed E-state index contributed by atoms with van der Waals surface area (Å²) in [6, 6.07) is 11.6. The van der Waals surface area contributed by atoms with Crippen LogP contribution in [0.4, 0.5) is 4.39 Å². The maximum Gasteiger partial charge on any atom is 0.272 e. The zero-order valence-electron chi connectivity index (χ0n) is 21.3. The molecular weight excluding hydrogens is 481 g/mol. The topological polar surface area (TPSA) is 87.4 Å². The summed E-state index contributed by atoms with van der Waals surface area (Å²) in [5.74, 6) is -0.214. The SMILES string of the molecule is CCC(O)CC(O)CCn1c(-c2ccc(F)cc2)nc(C(=O)NCc2c(C)cccc2Cl)c1C(C)C. The number of aliphatic hydroxyl groups excluding tert-OH is 2. The van der Waals surface area contributed by atoms with Gasteiger partial charge in [-0.25, -0.2) is 9.37 Å². The number of hydrogen-bond acceptors (Lipinski definition) is 4. The lowest BCUT2D eigenvalue weighted by Gasteiger charge is -2.19. The zero-order chi connectivity index (χ0) is 26.4. The molecule has 194 valence electrons. The molecule has 0 fully saturated rings. The fourth-order valence-corrected chi connectivity index (χ4v) is 4.57. The summed E-state index contributed by atoms with van der Waals surface area (Å²) in [6.07, 6.45) is -0.0580. The lowest BCUT2D eigenvalue weighted by atomic mass is 10.0. The van der Waals surface area contributed by atoms with Crippen LogP contribution in [0.15, 0.2) is 42.5 Å². The molecule has 1 heterocycles. The Bertz CT molecular complexity index is 1160. The van der Waals surface area contributed by atoms with Gasteiger partial charge in [0.1, 0.15) is 17.3 Å². The van der Waals surface area contributed by atoms with Crippen LogP contribution < -0.4 is 5.32 Å². The highest BCUT2D eigenvalue weighted by Gasteiger charge is 2.26. The molecule has 3 N–H and O–H groups in total. The lowest BCUT2D eigenvalue weighted by molar-refractivity contribution is 0.0711. The van der Waals surface area contributed by atoms with E-state index in [0.717, 1.165) is 16.8 Å². The van der Waals surface area contributed by atoms with Crippen LogP contribution in [0.25, 0.3) is 11.4 Å². The van der Waals surface area contributed by atoms with E-state index in [-0.39, 0.29) is 36.3 Å². The number of nitrogens with one attached hydrogen (secondary N) is 1. The fraction of sp³-hybridized carbons (Fsp3) is 0.429. The van der Waals surface area contributed by atoms with Crippen LogP contribution in [0.3, 0.4) is 0 Å². The number of aliphatic hydroxyl groups is 2. The van der Waals surface area contributed by atoms with Gasteiger partial charge in [-0.3, -0.25) is 4.79 Å². The van der Waals surface area contributed by atoms with Crippen molar-refractivity contribution in [1.29, 1.82) is 0 Å². The molecule has 0 saturated heterocycles.